The number of nitrogens with one attached hydrogen (secondary N) is 1. The third-order valence-corrected chi connectivity index (χ3v) is 3.07. The average molecular weight is 285 g/mol. The van der Waals surface area contributed by atoms with Gasteiger partial charge in [0.15, 0.2) is 0 Å². The molecular formula is C17H23N3O. The summed E-state index contributed by atoms with van der Waals surface area (Å²) in [6, 6.07) is 12.3. The zero-order chi connectivity index (χ0) is 14.9. The molecule has 0 fully saturated rings. The average Bonchev–Trinajstić information content (AvgIpc) is 2.50. The second-order valence-electron chi connectivity index (χ2n) is 5.04. The van der Waals surface area contributed by atoms with Crippen molar-refractivity contribution >= 4 is 5.95 Å². The standard InChI is InChI=1S/C17H23N3O/c1-3-11-18-17-19-14(2)13-16(20-17)21-12-7-10-15-8-5-4-6-9-15/h4-6,8-9,13H,3,7,10-12H2,1-2H3,(H,18,19,20). The summed E-state index contributed by atoms with van der Waals surface area (Å²) in [5.74, 6) is 1.30. The van der Waals surface area contributed by atoms with E-state index >= 15 is 0 Å². The van der Waals surface area contributed by atoms with Gasteiger partial charge in [0, 0.05) is 18.3 Å². The number of aryl methyl sites for hydroxylation is 2. The lowest BCUT2D eigenvalue weighted by Crippen LogP contribution is -2.07. The molecule has 21 heavy (non-hydrogen) atoms. The van der Waals surface area contributed by atoms with Gasteiger partial charge < -0.3 is 10.1 Å². The van der Waals surface area contributed by atoms with Crippen molar-refractivity contribution in [2.45, 2.75) is 33.1 Å². The molecule has 0 saturated carbocycles. The van der Waals surface area contributed by atoms with Gasteiger partial charge in [-0.2, -0.15) is 4.98 Å². The third kappa shape index (κ3) is 5.42. The summed E-state index contributed by atoms with van der Waals surface area (Å²) < 4.78 is 5.74. The lowest BCUT2D eigenvalue weighted by Gasteiger charge is -2.09. The molecule has 1 heterocycles. The number of aromatic nitrogens is 2. The van der Waals surface area contributed by atoms with Gasteiger partial charge in [-0.3, -0.25) is 0 Å². The van der Waals surface area contributed by atoms with E-state index in [-0.39, 0.29) is 0 Å². The van der Waals surface area contributed by atoms with Gasteiger partial charge in [0.05, 0.1) is 6.61 Å². The van der Waals surface area contributed by atoms with Crippen LogP contribution >= 0.6 is 0 Å². The molecule has 1 aromatic heterocycles. The fourth-order valence-corrected chi connectivity index (χ4v) is 2.03. The summed E-state index contributed by atoms with van der Waals surface area (Å²) in [4.78, 5) is 8.72. The van der Waals surface area contributed by atoms with E-state index in [1.165, 1.54) is 5.56 Å². The van der Waals surface area contributed by atoms with E-state index in [4.69, 9.17) is 4.74 Å². The van der Waals surface area contributed by atoms with Crippen LogP contribution in [0.2, 0.25) is 0 Å². The summed E-state index contributed by atoms with van der Waals surface area (Å²) in [6.45, 7) is 5.61. The van der Waals surface area contributed by atoms with Crippen LogP contribution in [0.3, 0.4) is 0 Å². The minimum Gasteiger partial charge on any atom is -0.478 e. The summed E-state index contributed by atoms with van der Waals surface area (Å²) in [5, 5.41) is 3.19. The topological polar surface area (TPSA) is 47.0 Å². The molecule has 1 aromatic carbocycles. The molecular weight excluding hydrogens is 262 g/mol. The molecule has 0 radical (unpaired) electrons. The quantitative estimate of drug-likeness (QED) is 0.753. The Morgan fingerprint density at radius 3 is 2.71 bits per heavy atom. The van der Waals surface area contributed by atoms with Gasteiger partial charge in [-0.05, 0) is 31.7 Å². The number of ether oxygens (including phenoxy) is 1. The fraction of sp³-hybridized carbons (Fsp3) is 0.412. The van der Waals surface area contributed by atoms with E-state index in [9.17, 15) is 0 Å². The van der Waals surface area contributed by atoms with Crippen molar-refractivity contribution in [3.05, 3.63) is 47.7 Å². The highest BCUT2D eigenvalue weighted by molar-refractivity contribution is 5.30. The fourth-order valence-electron chi connectivity index (χ4n) is 2.03. The molecule has 0 aliphatic carbocycles. The Balaban J connectivity index is 1.81. The van der Waals surface area contributed by atoms with Gasteiger partial charge in [0.2, 0.25) is 11.8 Å². The third-order valence-electron chi connectivity index (χ3n) is 3.07. The molecule has 1 N–H and O–H groups in total. The zero-order valence-electron chi connectivity index (χ0n) is 12.8. The highest BCUT2D eigenvalue weighted by Gasteiger charge is 2.02. The van der Waals surface area contributed by atoms with Crippen molar-refractivity contribution in [3.8, 4) is 5.88 Å². The van der Waals surface area contributed by atoms with Gasteiger partial charge in [0.25, 0.3) is 0 Å². The molecule has 0 atom stereocenters. The molecule has 0 aliphatic rings. The number of benzene rings is 1. The van der Waals surface area contributed by atoms with Crippen molar-refractivity contribution in [1.29, 1.82) is 0 Å². The van der Waals surface area contributed by atoms with E-state index in [1.54, 1.807) is 0 Å². The van der Waals surface area contributed by atoms with Gasteiger partial charge in [-0.1, -0.05) is 37.3 Å². The van der Waals surface area contributed by atoms with E-state index in [1.807, 2.05) is 19.1 Å². The van der Waals surface area contributed by atoms with Crippen molar-refractivity contribution < 1.29 is 4.74 Å². The van der Waals surface area contributed by atoms with Crippen molar-refractivity contribution in [2.75, 3.05) is 18.5 Å². The van der Waals surface area contributed by atoms with Crippen molar-refractivity contribution in [1.82, 2.24) is 9.97 Å². The van der Waals surface area contributed by atoms with Crippen molar-refractivity contribution in [3.63, 3.8) is 0 Å². The van der Waals surface area contributed by atoms with Crippen LogP contribution in [0.15, 0.2) is 36.4 Å². The maximum atomic E-state index is 5.74. The van der Waals surface area contributed by atoms with Crippen LogP contribution in [0.1, 0.15) is 31.0 Å². The monoisotopic (exact) mass is 285 g/mol. The van der Waals surface area contributed by atoms with Gasteiger partial charge in [-0.15, -0.1) is 0 Å². The molecule has 4 heteroatoms. The first-order valence-corrected chi connectivity index (χ1v) is 7.54. The van der Waals surface area contributed by atoms with Crippen LogP contribution in [0, 0.1) is 6.92 Å². The normalized spacial score (nSPS) is 10.4. The van der Waals surface area contributed by atoms with E-state index in [0.29, 0.717) is 18.4 Å². The molecule has 4 nitrogen and oxygen atoms in total. The first kappa shape index (κ1) is 15.3. The molecule has 0 spiro atoms. The molecule has 0 amide bonds. The number of nitrogens with zero attached hydrogens (tertiary/aromatic N) is 2. The highest BCUT2D eigenvalue weighted by Crippen LogP contribution is 2.12. The summed E-state index contributed by atoms with van der Waals surface area (Å²) in [5.41, 5.74) is 2.26. The SMILES string of the molecule is CCCNc1nc(C)cc(OCCCc2ccccc2)n1. The maximum Gasteiger partial charge on any atom is 0.226 e. The van der Waals surface area contributed by atoms with Crippen molar-refractivity contribution in [2.24, 2.45) is 0 Å². The molecule has 0 bridgehead atoms. The van der Waals surface area contributed by atoms with Crippen LogP contribution in [-0.4, -0.2) is 23.1 Å². The number of hydrogen-bond acceptors (Lipinski definition) is 4. The summed E-state index contributed by atoms with van der Waals surface area (Å²) in [7, 11) is 0. The molecule has 112 valence electrons. The van der Waals surface area contributed by atoms with Crippen LogP contribution < -0.4 is 10.1 Å². The molecule has 0 aliphatic heterocycles. The lowest BCUT2D eigenvalue weighted by atomic mass is 10.1. The largest absolute Gasteiger partial charge is 0.478 e. The zero-order valence-corrected chi connectivity index (χ0v) is 12.8. The van der Waals surface area contributed by atoms with E-state index < -0.39 is 0 Å². The van der Waals surface area contributed by atoms with Gasteiger partial charge in [-0.25, -0.2) is 4.98 Å². The van der Waals surface area contributed by atoms with Crippen LogP contribution in [0.5, 0.6) is 5.88 Å². The number of rotatable bonds is 8. The maximum absolute atomic E-state index is 5.74. The Kier molecular flexibility index (Phi) is 6.00. The predicted octanol–water partition coefficient (Wildman–Crippen LogP) is 3.62. The predicted molar refractivity (Wildman–Crippen MR) is 85.8 cm³/mol. The molecule has 0 unspecified atom stereocenters. The smallest absolute Gasteiger partial charge is 0.226 e. The number of anilines is 1. The Morgan fingerprint density at radius 2 is 1.95 bits per heavy atom. The van der Waals surface area contributed by atoms with Gasteiger partial charge >= 0.3 is 0 Å². The minimum atomic E-state index is 0.647. The molecule has 0 saturated heterocycles. The summed E-state index contributed by atoms with van der Waals surface area (Å²) >= 11 is 0. The highest BCUT2D eigenvalue weighted by atomic mass is 16.5. The second kappa shape index (κ2) is 8.25. The Morgan fingerprint density at radius 1 is 1.14 bits per heavy atom. The number of hydrogen-bond donors (Lipinski definition) is 1. The molecule has 2 rings (SSSR count). The van der Waals surface area contributed by atoms with Crippen LogP contribution in [0.25, 0.3) is 0 Å². The van der Waals surface area contributed by atoms with Crippen LogP contribution in [0.4, 0.5) is 5.95 Å². The van der Waals surface area contributed by atoms with E-state index in [2.05, 4.69) is 46.5 Å². The second-order valence-corrected chi connectivity index (χ2v) is 5.04. The Labute approximate surface area is 126 Å². The Hall–Kier alpha value is -2.10. The first-order valence-electron chi connectivity index (χ1n) is 7.54. The van der Waals surface area contributed by atoms with E-state index in [0.717, 1.165) is 31.5 Å². The first-order chi connectivity index (χ1) is 10.3. The summed E-state index contributed by atoms with van der Waals surface area (Å²) in [6.07, 6.45) is 3.04. The van der Waals surface area contributed by atoms with Crippen LogP contribution in [-0.2, 0) is 6.42 Å². The Bertz CT molecular complexity index is 543. The lowest BCUT2D eigenvalue weighted by molar-refractivity contribution is 0.299. The minimum absolute atomic E-state index is 0.647. The van der Waals surface area contributed by atoms with Gasteiger partial charge in [0.1, 0.15) is 0 Å². The molecule has 2 aromatic rings.